The number of nitrogens with zero attached hydrogens (tertiary/aromatic N) is 2. The molecule has 0 radical (unpaired) electrons. The Morgan fingerprint density at radius 1 is 1.27 bits per heavy atom. The van der Waals surface area contributed by atoms with Crippen molar-refractivity contribution in [3.63, 3.8) is 0 Å². The van der Waals surface area contributed by atoms with Gasteiger partial charge in [0.1, 0.15) is 12.4 Å². The Morgan fingerprint density at radius 3 is 2.88 bits per heavy atom. The van der Waals surface area contributed by atoms with Gasteiger partial charge in [-0.05, 0) is 35.7 Å². The van der Waals surface area contributed by atoms with Crippen molar-refractivity contribution < 1.29 is 4.74 Å². The van der Waals surface area contributed by atoms with Gasteiger partial charge in [-0.25, -0.2) is 4.98 Å². The van der Waals surface area contributed by atoms with Crippen LogP contribution >= 0.6 is 11.3 Å². The maximum Gasteiger partial charge on any atom is 0.203 e. The molecular weight excluding hydrogens is 342 g/mol. The number of terminal acetylenes is 1. The molecule has 0 aliphatic heterocycles. The molecule has 0 spiro atoms. The first-order valence-electron chi connectivity index (χ1n) is 8.29. The Hall–Kier alpha value is -3.10. The second-order valence-corrected chi connectivity index (χ2v) is 6.35. The van der Waals surface area contributed by atoms with Crippen molar-refractivity contribution in [2.24, 2.45) is 5.10 Å². The summed E-state index contributed by atoms with van der Waals surface area (Å²) >= 11 is 1.52. The highest BCUT2D eigenvalue weighted by atomic mass is 32.1. The molecule has 1 aromatic heterocycles. The molecule has 2 aromatic carbocycles. The highest BCUT2D eigenvalue weighted by Crippen LogP contribution is 2.24. The van der Waals surface area contributed by atoms with Crippen LogP contribution in [0.1, 0.15) is 18.1 Å². The van der Waals surface area contributed by atoms with Crippen LogP contribution in [0.25, 0.3) is 11.3 Å². The smallest absolute Gasteiger partial charge is 0.203 e. The summed E-state index contributed by atoms with van der Waals surface area (Å²) in [7, 11) is 0. The first kappa shape index (κ1) is 17.7. The molecule has 3 rings (SSSR count). The molecule has 0 bridgehead atoms. The zero-order valence-corrected chi connectivity index (χ0v) is 15.3. The average Bonchev–Trinajstić information content (AvgIpc) is 3.16. The SMILES string of the molecule is C#CCOc1ccc(C=NNc2nc(-c3ccccc3)cs2)cc1CC. The Balaban J connectivity index is 1.65. The predicted octanol–water partition coefficient (Wildman–Crippen LogP) is 4.83. The lowest BCUT2D eigenvalue weighted by Gasteiger charge is -2.08. The van der Waals surface area contributed by atoms with Crippen LogP contribution < -0.4 is 10.2 Å². The number of hydrazone groups is 1. The molecule has 0 amide bonds. The third-order valence-corrected chi connectivity index (χ3v) is 4.47. The van der Waals surface area contributed by atoms with Gasteiger partial charge in [0.15, 0.2) is 0 Å². The maximum atomic E-state index is 5.55. The molecule has 1 N–H and O–H groups in total. The summed E-state index contributed by atoms with van der Waals surface area (Å²) in [6, 6.07) is 16.0. The fraction of sp³-hybridized carbons (Fsp3) is 0.143. The van der Waals surface area contributed by atoms with Crippen molar-refractivity contribution in [1.82, 2.24) is 4.98 Å². The van der Waals surface area contributed by atoms with Crippen LogP contribution in [0.2, 0.25) is 0 Å². The standard InChI is InChI=1S/C21H19N3OS/c1-3-12-25-20-11-10-16(13-17(20)4-2)14-22-24-21-23-19(15-26-21)18-8-6-5-7-9-18/h1,5-11,13-15H,4,12H2,2H3,(H,23,24). The first-order chi connectivity index (χ1) is 12.8. The number of hydrogen-bond acceptors (Lipinski definition) is 5. The molecule has 0 unspecified atom stereocenters. The first-order valence-corrected chi connectivity index (χ1v) is 9.17. The van der Waals surface area contributed by atoms with E-state index in [0.29, 0.717) is 0 Å². The molecule has 5 heteroatoms. The van der Waals surface area contributed by atoms with Gasteiger partial charge in [-0.2, -0.15) is 5.10 Å². The number of anilines is 1. The van der Waals surface area contributed by atoms with E-state index < -0.39 is 0 Å². The lowest BCUT2D eigenvalue weighted by molar-refractivity contribution is 0.366. The van der Waals surface area contributed by atoms with Crippen LogP contribution in [0, 0.1) is 12.3 Å². The average molecular weight is 361 g/mol. The van der Waals surface area contributed by atoms with E-state index in [-0.39, 0.29) is 6.61 Å². The highest BCUT2D eigenvalue weighted by molar-refractivity contribution is 7.14. The van der Waals surface area contributed by atoms with Gasteiger partial charge in [0.25, 0.3) is 0 Å². The lowest BCUT2D eigenvalue weighted by Crippen LogP contribution is -1.98. The highest BCUT2D eigenvalue weighted by Gasteiger charge is 2.04. The summed E-state index contributed by atoms with van der Waals surface area (Å²) in [5.74, 6) is 3.31. The minimum absolute atomic E-state index is 0.274. The number of aromatic nitrogens is 1. The Labute approximate surface area is 157 Å². The lowest BCUT2D eigenvalue weighted by atomic mass is 10.1. The van der Waals surface area contributed by atoms with E-state index in [9.17, 15) is 0 Å². The van der Waals surface area contributed by atoms with Crippen LogP contribution in [-0.2, 0) is 6.42 Å². The number of ether oxygens (including phenoxy) is 1. The molecule has 0 saturated carbocycles. The normalized spacial score (nSPS) is 10.6. The second kappa shape index (κ2) is 8.84. The molecular formula is C21H19N3OS. The third-order valence-electron chi connectivity index (χ3n) is 3.72. The Bertz CT molecular complexity index is 926. The maximum absolute atomic E-state index is 5.55. The minimum Gasteiger partial charge on any atom is -0.481 e. The van der Waals surface area contributed by atoms with Gasteiger partial charge in [0, 0.05) is 10.9 Å². The molecule has 1 heterocycles. The van der Waals surface area contributed by atoms with Gasteiger partial charge in [0.2, 0.25) is 5.13 Å². The van der Waals surface area contributed by atoms with Crippen molar-refractivity contribution in [1.29, 1.82) is 0 Å². The van der Waals surface area contributed by atoms with Crippen LogP contribution in [-0.4, -0.2) is 17.8 Å². The topological polar surface area (TPSA) is 46.5 Å². The van der Waals surface area contributed by atoms with Crippen molar-refractivity contribution >= 4 is 22.7 Å². The van der Waals surface area contributed by atoms with Crippen molar-refractivity contribution in [2.75, 3.05) is 12.0 Å². The quantitative estimate of drug-likeness (QED) is 0.372. The van der Waals surface area contributed by atoms with Gasteiger partial charge in [-0.3, -0.25) is 5.43 Å². The number of thiazole rings is 1. The van der Waals surface area contributed by atoms with E-state index in [0.717, 1.165) is 39.7 Å². The number of rotatable bonds is 7. The number of nitrogens with one attached hydrogen (secondary N) is 1. The zero-order chi connectivity index (χ0) is 18.2. The summed E-state index contributed by atoms with van der Waals surface area (Å²) in [5, 5.41) is 7.05. The molecule has 0 aliphatic carbocycles. The van der Waals surface area contributed by atoms with E-state index in [1.54, 1.807) is 6.21 Å². The fourth-order valence-corrected chi connectivity index (χ4v) is 3.11. The number of aryl methyl sites for hydroxylation is 1. The van der Waals surface area contributed by atoms with Crippen LogP contribution in [0.15, 0.2) is 59.0 Å². The molecule has 4 nitrogen and oxygen atoms in total. The molecule has 0 atom stereocenters. The van der Waals surface area contributed by atoms with Gasteiger partial charge in [0.05, 0.1) is 11.9 Å². The Morgan fingerprint density at radius 2 is 2.12 bits per heavy atom. The number of hydrogen-bond donors (Lipinski definition) is 1. The van der Waals surface area contributed by atoms with Crippen LogP contribution in [0.3, 0.4) is 0 Å². The van der Waals surface area contributed by atoms with Gasteiger partial charge < -0.3 is 4.74 Å². The van der Waals surface area contributed by atoms with Crippen molar-refractivity contribution in [3.8, 4) is 29.4 Å². The largest absolute Gasteiger partial charge is 0.481 e. The van der Waals surface area contributed by atoms with Crippen molar-refractivity contribution in [3.05, 3.63) is 65.0 Å². The summed E-state index contributed by atoms with van der Waals surface area (Å²) in [6.07, 6.45) is 7.88. The summed E-state index contributed by atoms with van der Waals surface area (Å²) in [5.41, 5.74) is 7.11. The van der Waals surface area contributed by atoms with E-state index in [1.807, 2.05) is 53.9 Å². The molecule has 26 heavy (non-hydrogen) atoms. The molecule has 130 valence electrons. The van der Waals surface area contributed by atoms with Gasteiger partial charge in [-0.1, -0.05) is 43.2 Å². The molecule has 0 aliphatic rings. The van der Waals surface area contributed by atoms with E-state index in [2.05, 4.69) is 28.4 Å². The summed E-state index contributed by atoms with van der Waals surface area (Å²) in [6.45, 7) is 2.35. The van der Waals surface area contributed by atoms with E-state index in [4.69, 9.17) is 11.2 Å². The zero-order valence-electron chi connectivity index (χ0n) is 14.5. The molecule has 0 saturated heterocycles. The van der Waals surface area contributed by atoms with Gasteiger partial charge >= 0.3 is 0 Å². The Kier molecular flexibility index (Phi) is 6.02. The molecule has 0 fully saturated rings. The minimum atomic E-state index is 0.274. The van der Waals surface area contributed by atoms with Crippen LogP contribution in [0.4, 0.5) is 5.13 Å². The van der Waals surface area contributed by atoms with E-state index in [1.165, 1.54) is 11.3 Å². The summed E-state index contributed by atoms with van der Waals surface area (Å²) in [4.78, 5) is 4.55. The predicted molar refractivity (Wildman–Crippen MR) is 109 cm³/mol. The summed E-state index contributed by atoms with van der Waals surface area (Å²) < 4.78 is 5.55. The van der Waals surface area contributed by atoms with E-state index >= 15 is 0 Å². The van der Waals surface area contributed by atoms with Crippen molar-refractivity contribution in [2.45, 2.75) is 13.3 Å². The second-order valence-electron chi connectivity index (χ2n) is 5.49. The van der Waals surface area contributed by atoms with Crippen LogP contribution in [0.5, 0.6) is 5.75 Å². The third kappa shape index (κ3) is 4.50. The van der Waals surface area contributed by atoms with Gasteiger partial charge in [-0.15, -0.1) is 17.8 Å². The monoisotopic (exact) mass is 361 g/mol. The molecule has 3 aromatic rings. The fourth-order valence-electron chi connectivity index (χ4n) is 2.44. The number of benzene rings is 2.